The first-order valence-electron chi connectivity index (χ1n) is 13.3. The van der Waals surface area contributed by atoms with Crippen molar-refractivity contribution < 1.29 is 23.4 Å². The Kier molecular flexibility index (Phi) is 8.45. The molecule has 210 valence electrons. The molecule has 0 fully saturated rings. The summed E-state index contributed by atoms with van der Waals surface area (Å²) in [7, 11) is 0. The fraction of sp³-hybridized carbons (Fsp3) is 0.219. The molecule has 0 bridgehead atoms. The number of carbonyl (C=O) groups excluding carboxylic acids is 1. The van der Waals surface area contributed by atoms with Crippen LogP contribution in [0, 0.1) is 5.82 Å². The molecule has 1 aliphatic heterocycles. The smallest absolute Gasteiger partial charge is 0.338 e. The molecule has 0 radical (unpaired) electrons. The summed E-state index contributed by atoms with van der Waals surface area (Å²) in [4.78, 5) is 32.1. The molecule has 4 aromatic rings. The van der Waals surface area contributed by atoms with Crippen molar-refractivity contribution in [2.24, 2.45) is 4.99 Å². The minimum absolute atomic E-state index is 0.204. The fourth-order valence-corrected chi connectivity index (χ4v) is 5.66. The quantitative estimate of drug-likeness (QED) is 0.266. The summed E-state index contributed by atoms with van der Waals surface area (Å²) in [6, 6.07) is 20.2. The number of hydrogen-bond donors (Lipinski definition) is 0. The Hall–Kier alpha value is -4.50. The Labute approximate surface area is 240 Å². The minimum atomic E-state index is -0.700. The van der Waals surface area contributed by atoms with Gasteiger partial charge in [-0.05, 0) is 79.9 Å². The monoisotopic (exact) mass is 572 g/mol. The van der Waals surface area contributed by atoms with Gasteiger partial charge in [-0.1, -0.05) is 47.7 Å². The van der Waals surface area contributed by atoms with Crippen LogP contribution in [0.2, 0.25) is 0 Å². The molecule has 9 heteroatoms. The molecule has 0 spiro atoms. The van der Waals surface area contributed by atoms with E-state index >= 15 is 0 Å². The Balaban J connectivity index is 1.53. The Morgan fingerprint density at radius 2 is 1.76 bits per heavy atom. The standard InChI is InChI=1S/C32H29FN2O5S/c1-4-38-25-15-11-23(12-16-25)29-28(31(37)39-5-2)20(3)34-32-35(29)30(36)27(41-32)18-22-7-6-8-26(17-22)40-19-21-9-13-24(33)14-10-21/h6-18,29H,4-5,19H2,1-3H3/t29-/m0/s1. The van der Waals surface area contributed by atoms with E-state index in [1.54, 1.807) is 36.6 Å². The van der Waals surface area contributed by atoms with Gasteiger partial charge < -0.3 is 14.2 Å². The molecule has 5 rings (SSSR count). The minimum Gasteiger partial charge on any atom is -0.494 e. The van der Waals surface area contributed by atoms with E-state index in [-0.39, 0.29) is 24.6 Å². The lowest BCUT2D eigenvalue weighted by atomic mass is 9.96. The van der Waals surface area contributed by atoms with Crippen LogP contribution in [-0.2, 0) is 16.1 Å². The number of benzene rings is 3. The molecule has 1 aromatic heterocycles. The lowest BCUT2D eigenvalue weighted by Gasteiger charge is -2.24. The number of carbonyl (C=O) groups is 1. The lowest BCUT2D eigenvalue weighted by molar-refractivity contribution is -0.139. The second-order valence-corrected chi connectivity index (χ2v) is 10.3. The highest BCUT2D eigenvalue weighted by molar-refractivity contribution is 7.07. The summed E-state index contributed by atoms with van der Waals surface area (Å²) in [6.45, 7) is 6.42. The van der Waals surface area contributed by atoms with Crippen LogP contribution < -0.4 is 24.4 Å². The van der Waals surface area contributed by atoms with Crippen LogP contribution in [0.25, 0.3) is 6.08 Å². The first-order chi connectivity index (χ1) is 19.9. The van der Waals surface area contributed by atoms with Crippen molar-refractivity contribution in [3.8, 4) is 11.5 Å². The number of halogens is 1. The van der Waals surface area contributed by atoms with E-state index in [9.17, 15) is 14.0 Å². The van der Waals surface area contributed by atoms with Gasteiger partial charge in [0.25, 0.3) is 5.56 Å². The number of ether oxygens (including phenoxy) is 3. The van der Waals surface area contributed by atoms with Gasteiger partial charge in [-0.15, -0.1) is 0 Å². The van der Waals surface area contributed by atoms with Crippen molar-refractivity contribution in [1.82, 2.24) is 4.57 Å². The Morgan fingerprint density at radius 1 is 1.00 bits per heavy atom. The van der Waals surface area contributed by atoms with Crippen LogP contribution in [0.4, 0.5) is 4.39 Å². The zero-order valence-corrected chi connectivity index (χ0v) is 23.7. The van der Waals surface area contributed by atoms with E-state index in [1.165, 1.54) is 23.5 Å². The van der Waals surface area contributed by atoms with Gasteiger partial charge in [0.05, 0.1) is 35.1 Å². The van der Waals surface area contributed by atoms with Gasteiger partial charge in [0.1, 0.15) is 23.9 Å². The maximum absolute atomic E-state index is 13.8. The van der Waals surface area contributed by atoms with Crippen LogP contribution in [0.5, 0.6) is 11.5 Å². The van der Waals surface area contributed by atoms with E-state index in [0.717, 1.165) is 16.7 Å². The number of aromatic nitrogens is 1. The number of fused-ring (bicyclic) bond motifs is 1. The fourth-order valence-electron chi connectivity index (χ4n) is 4.61. The summed E-state index contributed by atoms with van der Waals surface area (Å²) >= 11 is 1.26. The summed E-state index contributed by atoms with van der Waals surface area (Å²) in [5, 5.41) is 0. The van der Waals surface area contributed by atoms with E-state index in [4.69, 9.17) is 14.2 Å². The third kappa shape index (κ3) is 6.15. The summed E-state index contributed by atoms with van der Waals surface area (Å²) in [6.07, 6.45) is 1.78. The third-order valence-electron chi connectivity index (χ3n) is 6.50. The molecule has 1 aliphatic rings. The largest absolute Gasteiger partial charge is 0.494 e. The molecule has 0 N–H and O–H groups in total. The van der Waals surface area contributed by atoms with Crippen molar-refractivity contribution in [3.63, 3.8) is 0 Å². The van der Waals surface area contributed by atoms with Crippen LogP contribution in [0.1, 0.15) is 43.5 Å². The number of rotatable bonds is 9. The average molecular weight is 573 g/mol. The van der Waals surface area contributed by atoms with Crippen molar-refractivity contribution >= 4 is 23.4 Å². The molecule has 0 aliphatic carbocycles. The van der Waals surface area contributed by atoms with Gasteiger partial charge in [0.15, 0.2) is 4.80 Å². The lowest BCUT2D eigenvalue weighted by Crippen LogP contribution is -2.39. The van der Waals surface area contributed by atoms with Gasteiger partial charge in [0.2, 0.25) is 0 Å². The highest BCUT2D eigenvalue weighted by Gasteiger charge is 2.33. The molecular formula is C32H29FN2O5S. The van der Waals surface area contributed by atoms with E-state index in [2.05, 4.69) is 4.99 Å². The highest BCUT2D eigenvalue weighted by Crippen LogP contribution is 2.31. The zero-order chi connectivity index (χ0) is 28.9. The number of allylic oxidation sites excluding steroid dienone is 1. The maximum atomic E-state index is 13.8. The molecule has 0 unspecified atom stereocenters. The van der Waals surface area contributed by atoms with Gasteiger partial charge >= 0.3 is 5.97 Å². The summed E-state index contributed by atoms with van der Waals surface area (Å²) in [5.41, 5.74) is 2.92. The summed E-state index contributed by atoms with van der Waals surface area (Å²) in [5.74, 6) is 0.506. The number of esters is 1. The second-order valence-electron chi connectivity index (χ2n) is 9.29. The molecule has 0 saturated carbocycles. The summed E-state index contributed by atoms with van der Waals surface area (Å²) < 4.78 is 32.1. The highest BCUT2D eigenvalue weighted by atomic mass is 32.1. The van der Waals surface area contributed by atoms with Gasteiger partial charge in [-0.25, -0.2) is 14.2 Å². The van der Waals surface area contributed by atoms with Crippen molar-refractivity contribution in [1.29, 1.82) is 0 Å². The molecule has 0 saturated heterocycles. The Morgan fingerprint density at radius 3 is 2.46 bits per heavy atom. The van der Waals surface area contributed by atoms with Crippen molar-refractivity contribution in [2.75, 3.05) is 13.2 Å². The molecular weight excluding hydrogens is 543 g/mol. The van der Waals surface area contributed by atoms with E-state index in [0.29, 0.717) is 38.7 Å². The SMILES string of the molecule is CCOC(=O)C1=C(C)N=c2sc(=Cc3cccc(OCc4ccc(F)cc4)c3)c(=O)n2[C@H]1c1ccc(OCC)cc1. The first-order valence-corrected chi connectivity index (χ1v) is 14.1. The molecule has 0 amide bonds. The Bertz CT molecular complexity index is 1770. The normalized spacial score (nSPS) is 14.8. The van der Waals surface area contributed by atoms with Gasteiger partial charge in [0, 0.05) is 0 Å². The van der Waals surface area contributed by atoms with Crippen molar-refractivity contribution in [3.05, 3.63) is 126 Å². The van der Waals surface area contributed by atoms with Gasteiger partial charge in [-0.2, -0.15) is 0 Å². The first kappa shape index (κ1) is 28.0. The number of thiazole rings is 1. The predicted octanol–water partition coefficient (Wildman–Crippen LogP) is 4.92. The molecule has 3 aromatic carbocycles. The van der Waals surface area contributed by atoms with Gasteiger partial charge in [-0.3, -0.25) is 9.36 Å². The van der Waals surface area contributed by atoms with Crippen LogP contribution >= 0.6 is 11.3 Å². The van der Waals surface area contributed by atoms with Crippen molar-refractivity contribution in [2.45, 2.75) is 33.4 Å². The zero-order valence-electron chi connectivity index (χ0n) is 22.9. The average Bonchev–Trinajstić information content (AvgIpc) is 3.27. The number of hydrogen-bond acceptors (Lipinski definition) is 7. The van der Waals surface area contributed by atoms with E-state index < -0.39 is 12.0 Å². The second kappa shape index (κ2) is 12.3. The third-order valence-corrected chi connectivity index (χ3v) is 7.48. The topological polar surface area (TPSA) is 79.1 Å². The van der Waals surface area contributed by atoms with Crippen LogP contribution in [0.3, 0.4) is 0 Å². The maximum Gasteiger partial charge on any atom is 0.338 e. The van der Waals surface area contributed by atoms with Crippen LogP contribution in [-0.4, -0.2) is 23.8 Å². The molecule has 1 atom stereocenters. The molecule has 2 heterocycles. The van der Waals surface area contributed by atoms with E-state index in [1.807, 2.05) is 55.5 Å². The molecule has 7 nitrogen and oxygen atoms in total. The van der Waals surface area contributed by atoms with Crippen LogP contribution in [0.15, 0.2) is 93.9 Å². The molecule has 41 heavy (non-hydrogen) atoms. The number of nitrogens with zero attached hydrogens (tertiary/aromatic N) is 2. The predicted molar refractivity (Wildman–Crippen MR) is 155 cm³/mol.